The molecule has 0 amide bonds. The summed E-state index contributed by atoms with van der Waals surface area (Å²) in [6.45, 7) is 0. The van der Waals surface area contributed by atoms with Gasteiger partial charge in [-0.15, -0.1) is 0 Å². The highest BCUT2D eigenvalue weighted by molar-refractivity contribution is 7.86. The maximum absolute atomic E-state index is 12.2. The second-order valence-corrected chi connectivity index (χ2v) is 3.54. The van der Waals surface area contributed by atoms with Gasteiger partial charge in [-0.05, 0) is 4.53 Å². The predicted molar refractivity (Wildman–Crippen MR) is 28.5 cm³/mol. The summed E-state index contributed by atoms with van der Waals surface area (Å²) in [5.41, 5.74) is 0. The van der Waals surface area contributed by atoms with Crippen LogP contribution in [0.2, 0.25) is 0 Å². The third kappa shape index (κ3) is 2.48. The lowest BCUT2D eigenvalue weighted by atomic mass is 10.3. The first-order valence-corrected chi connectivity index (χ1v) is 4.07. The molecule has 1 N–H and O–H groups in total. The summed E-state index contributed by atoms with van der Waals surface area (Å²) in [6, 6.07) is 0. The number of hydrogen-bond acceptors (Lipinski definition) is 3. The molecule has 0 aliphatic carbocycles. The van der Waals surface area contributed by atoms with Crippen LogP contribution in [0.4, 0.5) is 26.5 Å². The number of rotatable bonds is 3. The van der Waals surface area contributed by atoms with Gasteiger partial charge in [-0.1, -0.05) is 0 Å². The molecular formula is C3H2F6O4S. The molecule has 11 heteroatoms. The van der Waals surface area contributed by atoms with Crippen LogP contribution >= 0.6 is 0 Å². The van der Waals surface area contributed by atoms with E-state index in [-0.39, 0.29) is 0 Å². The van der Waals surface area contributed by atoms with E-state index < -0.39 is 27.7 Å². The molecule has 0 heterocycles. The van der Waals surface area contributed by atoms with E-state index in [1.165, 1.54) is 0 Å². The van der Waals surface area contributed by atoms with E-state index in [0.717, 1.165) is 0 Å². The van der Waals surface area contributed by atoms with Gasteiger partial charge in [-0.25, -0.2) is 0 Å². The van der Waals surface area contributed by atoms with Crippen molar-refractivity contribution in [2.75, 3.05) is 0 Å². The van der Waals surface area contributed by atoms with Crippen molar-refractivity contribution in [1.29, 1.82) is 0 Å². The largest absolute Gasteiger partial charge is 0.425 e. The Morgan fingerprint density at radius 1 is 1.14 bits per heavy atom. The first-order chi connectivity index (χ1) is 5.94. The van der Waals surface area contributed by atoms with E-state index >= 15 is 0 Å². The Morgan fingerprint density at radius 3 is 1.57 bits per heavy atom. The first kappa shape index (κ1) is 13.4. The summed E-state index contributed by atoms with van der Waals surface area (Å²) in [7, 11) is -6.42. The number of alkyl halides is 5. The van der Waals surface area contributed by atoms with Crippen molar-refractivity contribution in [1.82, 2.24) is 0 Å². The summed E-state index contributed by atoms with van der Waals surface area (Å²) < 4.78 is 97.2. The van der Waals surface area contributed by atoms with Gasteiger partial charge in [0, 0.05) is 0 Å². The molecule has 0 aliphatic rings. The van der Waals surface area contributed by atoms with E-state index in [4.69, 9.17) is 4.55 Å². The molecule has 0 aromatic rings. The fourth-order valence-electron chi connectivity index (χ4n) is 0.428. The van der Waals surface area contributed by atoms with Crippen molar-refractivity contribution in [3.63, 3.8) is 0 Å². The molecule has 86 valence electrons. The molecule has 0 radical (unpaired) electrons. The van der Waals surface area contributed by atoms with E-state index in [0.29, 0.717) is 0 Å². The lowest BCUT2D eigenvalue weighted by Crippen LogP contribution is -2.50. The Labute approximate surface area is 73.1 Å². The van der Waals surface area contributed by atoms with Crippen LogP contribution in [0.5, 0.6) is 0 Å². The molecular weight excluding hydrogens is 246 g/mol. The Kier molecular flexibility index (Phi) is 3.41. The van der Waals surface area contributed by atoms with Gasteiger partial charge in [0.2, 0.25) is 0 Å². The van der Waals surface area contributed by atoms with Crippen molar-refractivity contribution >= 4 is 10.1 Å². The van der Waals surface area contributed by atoms with Gasteiger partial charge in [0.25, 0.3) is 6.10 Å². The van der Waals surface area contributed by atoms with E-state index in [2.05, 4.69) is 0 Å². The minimum atomic E-state index is -6.42. The highest BCUT2D eigenvalue weighted by Gasteiger charge is 2.65. The zero-order chi connectivity index (χ0) is 11.8. The number of hydrogen-bond donors (Lipinski definition) is 1. The van der Waals surface area contributed by atoms with Crippen LogP contribution in [0.15, 0.2) is 0 Å². The van der Waals surface area contributed by atoms with E-state index in [9.17, 15) is 34.9 Å². The van der Waals surface area contributed by atoms with Crippen LogP contribution in [0.1, 0.15) is 0 Å². The minimum Gasteiger partial charge on any atom is -0.281 e. The van der Waals surface area contributed by atoms with Crippen molar-refractivity contribution < 1.29 is 44.4 Å². The van der Waals surface area contributed by atoms with Gasteiger partial charge >= 0.3 is 21.5 Å². The fourth-order valence-corrected chi connectivity index (χ4v) is 0.869. The Balaban J connectivity index is 5.26. The lowest BCUT2D eigenvalue weighted by molar-refractivity contribution is -0.331. The molecule has 0 aromatic heterocycles. The quantitative estimate of drug-likeness (QED) is 0.604. The Bertz CT molecular complexity index is 293. The SMILES string of the molecule is O=S(=O)(O)C(F)(F)C(OF)C(F)(F)F. The van der Waals surface area contributed by atoms with Crippen molar-refractivity contribution in [2.45, 2.75) is 17.5 Å². The molecule has 1 unspecified atom stereocenters. The second kappa shape index (κ2) is 3.55. The van der Waals surface area contributed by atoms with Gasteiger partial charge in [0.05, 0.1) is 0 Å². The van der Waals surface area contributed by atoms with Gasteiger partial charge in [-0.3, -0.25) is 4.55 Å². The van der Waals surface area contributed by atoms with Crippen LogP contribution in [-0.2, 0) is 15.1 Å². The fraction of sp³-hybridized carbons (Fsp3) is 1.00. The minimum absolute atomic E-state index is 1.79. The van der Waals surface area contributed by atoms with Crippen molar-refractivity contribution in [2.24, 2.45) is 0 Å². The van der Waals surface area contributed by atoms with E-state index in [1.807, 2.05) is 0 Å². The van der Waals surface area contributed by atoms with Crippen LogP contribution in [0.3, 0.4) is 0 Å². The molecule has 0 saturated carbocycles. The van der Waals surface area contributed by atoms with Gasteiger partial charge < -0.3 is 0 Å². The smallest absolute Gasteiger partial charge is 0.281 e. The van der Waals surface area contributed by atoms with Crippen LogP contribution in [0.25, 0.3) is 0 Å². The summed E-state index contributed by atoms with van der Waals surface area (Å²) in [5.74, 6) is 0. The maximum Gasteiger partial charge on any atom is 0.425 e. The van der Waals surface area contributed by atoms with Gasteiger partial charge in [-0.2, -0.15) is 35.3 Å². The molecule has 0 aromatic carbocycles. The normalized spacial score (nSPS) is 16.8. The van der Waals surface area contributed by atoms with Crippen molar-refractivity contribution in [3.8, 4) is 0 Å². The van der Waals surface area contributed by atoms with Gasteiger partial charge in [0.1, 0.15) is 0 Å². The zero-order valence-corrected chi connectivity index (χ0v) is 6.74. The van der Waals surface area contributed by atoms with E-state index in [1.54, 1.807) is 4.94 Å². The highest BCUT2D eigenvalue weighted by Crippen LogP contribution is 2.37. The average Bonchev–Trinajstić information content (AvgIpc) is 1.80. The molecule has 0 rings (SSSR count). The highest BCUT2D eigenvalue weighted by atomic mass is 32.2. The first-order valence-electron chi connectivity index (χ1n) is 2.63. The maximum atomic E-state index is 12.2. The predicted octanol–water partition coefficient (Wildman–Crippen LogP) is 1.30. The third-order valence-corrected chi connectivity index (χ3v) is 1.94. The summed E-state index contributed by atoms with van der Waals surface area (Å²) in [5, 5.41) is -5.81. The molecule has 0 aliphatic heterocycles. The summed E-state index contributed by atoms with van der Waals surface area (Å²) >= 11 is 0. The van der Waals surface area contributed by atoms with Crippen LogP contribution in [0, 0.1) is 0 Å². The van der Waals surface area contributed by atoms with Crippen molar-refractivity contribution in [3.05, 3.63) is 0 Å². The molecule has 4 nitrogen and oxygen atoms in total. The monoisotopic (exact) mass is 248 g/mol. The van der Waals surface area contributed by atoms with Crippen LogP contribution < -0.4 is 0 Å². The Morgan fingerprint density at radius 2 is 1.50 bits per heavy atom. The summed E-state index contributed by atoms with van der Waals surface area (Å²) in [6.07, 6.45) is -10.5. The molecule has 14 heavy (non-hydrogen) atoms. The number of halogens is 6. The molecule has 0 bridgehead atoms. The average molecular weight is 248 g/mol. The standard InChI is InChI=1S/C3H2F6O4S/c4-2(5,6)1(13-9)3(7,8)14(10,11)12/h1H,(H,10,11,12). The topological polar surface area (TPSA) is 63.6 Å². The zero-order valence-electron chi connectivity index (χ0n) is 5.93. The molecule has 0 saturated heterocycles. The third-order valence-electron chi connectivity index (χ3n) is 1.04. The van der Waals surface area contributed by atoms with Crippen LogP contribution in [-0.4, -0.2) is 30.5 Å². The van der Waals surface area contributed by atoms with Gasteiger partial charge in [0.15, 0.2) is 0 Å². The second-order valence-electron chi connectivity index (χ2n) is 2.05. The lowest BCUT2D eigenvalue weighted by Gasteiger charge is -2.22. The molecule has 0 fully saturated rings. The molecule has 0 spiro atoms. The Hall–Kier alpha value is -0.550. The summed E-state index contributed by atoms with van der Waals surface area (Å²) in [4.78, 5) is 1.79. The molecule has 1 atom stereocenters.